The molecule has 164 valence electrons. The molecule has 0 radical (unpaired) electrons. The zero-order valence-electron chi connectivity index (χ0n) is 17.5. The average Bonchev–Trinajstić information content (AvgIpc) is 3.02. The molecule has 0 bridgehead atoms. The largest absolute Gasteiger partial charge is 0.507 e. The topological polar surface area (TPSA) is 104 Å². The van der Waals surface area contributed by atoms with E-state index in [0.29, 0.717) is 5.56 Å². The van der Waals surface area contributed by atoms with Crippen LogP contribution in [-0.2, 0) is 24.3 Å². The normalized spacial score (nSPS) is 18.7. The molecule has 1 saturated heterocycles. The summed E-state index contributed by atoms with van der Waals surface area (Å²) in [4.78, 5) is 27.0. The fourth-order valence-electron chi connectivity index (χ4n) is 3.43. The van der Waals surface area contributed by atoms with Crippen molar-refractivity contribution in [2.75, 3.05) is 34.4 Å². The lowest BCUT2D eigenvalue weighted by Crippen LogP contribution is -2.32. The van der Waals surface area contributed by atoms with Crippen LogP contribution in [-0.4, -0.2) is 68.8 Å². The number of methoxy groups -OCH3 is 1. The predicted molar refractivity (Wildman–Crippen MR) is 115 cm³/mol. The number of hydrogen-bond donors (Lipinski definition) is 1. The molecule has 8 nitrogen and oxygen atoms in total. The number of benzene rings is 2. The zero-order chi connectivity index (χ0) is 22.8. The first kappa shape index (κ1) is 22.7. The molecule has 9 heteroatoms. The quantitative estimate of drug-likeness (QED) is 0.398. The predicted octanol–water partition coefficient (Wildman–Crippen LogP) is 2.00. The molecule has 31 heavy (non-hydrogen) atoms. The third-order valence-corrected chi connectivity index (χ3v) is 6.93. The first-order valence-electron chi connectivity index (χ1n) is 9.55. The maximum atomic E-state index is 12.8. The number of ketones is 1. The van der Waals surface area contributed by atoms with Gasteiger partial charge in [0.15, 0.2) is 0 Å². The van der Waals surface area contributed by atoms with Gasteiger partial charge in [-0.3, -0.25) is 9.59 Å². The Bertz CT molecular complexity index is 1110. The molecule has 2 aromatic rings. The number of ether oxygens (including phenoxy) is 1. The fourth-order valence-corrected chi connectivity index (χ4v) is 4.33. The van der Waals surface area contributed by atoms with Crippen LogP contribution in [0.3, 0.4) is 0 Å². The standard InChI is InChI=1S/C22H24N2O6S/c1-23(2)31(28,29)17-11-9-16(10-12-17)20(25)18-19(15-7-5-4-6-8-15)24(13-14-30-3)22(27)21(18)26/h4-12,19,25H,13-14H2,1-3H3/b20-18-. The number of sulfonamides is 1. The molecule has 1 aliphatic heterocycles. The summed E-state index contributed by atoms with van der Waals surface area (Å²) in [6, 6.07) is 13.7. The molecular formula is C22H24N2O6S. The van der Waals surface area contributed by atoms with Crippen molar-refractivity contribution in [3.8, 4) is 0 Å². The SMILES string of the molecule is COCCN1C(=O)C(=O)/C(=C(\O)c2ccc(S(=O)(=O)N(C)C)cc2)C1c1ccccc1. The molecule has 1 unspecified atom stereocenters. The van der Waals surface area contributed by atoms with Crippen LogP contribution < -0.4 is 0 Å². The minimum absolute atomic E-state index is 0.0458. The lowest BCUT2D eigenvalue weighted by atomic mass is 9.95. The van der Waals surface area contributed by atoms with Gasteiger partial charge in [0.2, 0.25) is 10.0 Å². The fraction of sp³-hybridized carbons (Fsp3) is 0.273. The van der Waals surface area contributed by atoms with E-state index in [1.165, 1.54) is 50.4 Å². The lowest BCUT2D eigenvalue weighted by molar-refractivity contribution is -0.140. The molecule has 0 spiro atoms. The van der Waals surface area contributed by atoms with Crippen molar-refractivity contribution in [3.63, 3.8) is 0 Å². The van der Waals surface area contributed by atoms with Gasteiger partial charge in [0.25, 0.3) is 11.7 Å². The third kappa shape index (κ3) is 4.25. The number of likely N-dealkylation sites (tertiary alicyclic amines) is 1. The highest BCUT2D eigenvalue weighted by Crippen LogP contribution is 2.39. The number of hydrogen-bond acceptors (Lipinski definition) is 6. The summed E-state index contributed by atoms with van der Waals surface area (Å²) >= 11 is 0. The summed E-state index contributed by atoms with van der Waals surface area (Å²) in [5.41, 5.74) is 0.866. The van der Waals surface area contributed by atoms with E-state index in [1.54, 1.807) is 24.3 Å². The summed E-state index contributed by atoms with van der Waals surface area (Å²) in [6.45, 7) is 0.408. The van der Waals surface area contributed by atoms with Crippen LogP contribution >= 0.6 is 0 Å². The number of Topliss-reactive ketones (excluding diaryl/α,β-unsaturated/α-hetero) is 1. The summed E-state index contributed by atoms with van der Waals surface area (Å²) in [7, 11) is 0.702. The van der Waals surface area contributed by atoms with Gasteiger partial charge in [0.1, 0.15) is 5.76 Å². The minimum atomic E-state index is -3.64. The molecular weight excluding hydrogens is 420 g/mol. The number of nitrogens with zero attached hydrogens (tertiary/aromatic N) is 2. The van der Waals surface area contributed by atoms with Crippen LogP contribution in [0.15, 0.2) is 65.1 Å². The maximum absolute atomic E-state index is 12.8. The first-order chi connectivity index (χ1) is 14.7. The molecule has 1 heterocycles. The van der Waals surface area contributed by atoms with Crippen molar-refractivity contribution in [2.45, 2.75) is 10.9 Å². The van der Waals surface area contributed by atoms with Crippen molar-refractivity contribution in [3.05, 3.63) is 71.3 Å². The van der Waals surface area contributed by atoms with Gasteiger partial charge in [-0.05, 0) is 29.8 Å². The average molecular weight is 445 g/mol. The summed E-state index contributed by atoms with van der Waals surface area (Å²) < 4.78 is 30.7. The molecule has 1 N–H and O–H groups in total. The Labute approximate surface area is 181 Å². The van der Waals surface area contributed by atoms with Crippen LogP contribution in [0.25, 0.3) is 5.76 Å². The Hall–Kier alpha value is -3.01. The van der Waals surface area contributed by atoms with Gasteiger partial charge in [-0.2, -0.15) is 0 Å². The number of aliphatic hydroxyl groups excluding tert-OH is 1. The van der Waals surface area contributed by atoms with Crippen molar-refractivity contribution < 1.29 is 27.9 Å². The smallest absolute Gasteiger partial charge is 0.295 e. The Morgan fingerprint density at radius 2 is 1.68 bits per heavy atom. The van der Waals surface area contributed by atoms with Gasteiger partial charge in [0, 0.05) is 33.3 Å². The second-order valence-corrected chi connectivity index (χ2v) is 9.36. The molecule has 1 aliphatic rings. The van der Waals surface area contributed by atoms with Crippen molar-refractivity contribution in [1.29, 1.82) is 0 Å². The summed E-state index contributed by atoms with van der Waals surface area (Å²) in [6.07, 6.45) is 0. The van der Waals surface area contributed by atoms with Gasteiger partial charge in [-0.25, -0.2) is 12.7 Å². The van der Waals surface area contributed by atoms with Crippen LogP contribution in [0.4, 0.5) is 0 Å². The van der Waals surface area contributed by atoms with Crippen molar-refractivity contribution in [1.82, 2.24) is 9.21 Å². The highest BCUT2D eigenvalue weighted by Gasteiger charge is 2.45. The molecule has 0 aromatic heterocycles. The van der Waals surface area contributed by atoms with Gasteiger partial charge in [-0.15, -0.1) is 0 Å². The van der Waals surface area contributed by atoms with E-state index in [-0.39, 0.29) is 34.9 Å². The van der Waals surface area contributed by atoms with Gasteiger partial charge in [0.05, 0.1) is 23.1 Å². The van der Waals surface area contributed by atoms with Gasteiger partial charge < -0.3 is 14.7 Å². The Kier molecular flexibility index (Phi) is 6.59. The number of carbonyl (C=O) groups is 2. The van der Waals surface area contributed by atoms with E-state index in [0.717, 1.165) is 4.31 Å². The molecule has 0 aliphatic carbocycles. The first-order valence-corrected chi connectivity index (χ1v) is 11.0. The number of amides is 1. The highest BCUT2D eigenvalue weighted by molar-refractivity contribution is 7.89. The third-order valence-electron chi connectivity index (χ3n) is 5.10. The van der Waals surface area contributed by atoms with E-state index < -0.39 is 27.8 Å². The molecule has 3 rings (SSSR count). The lowest BCUT2D eigenvalue weighted by Gasteiger charge is -2.25. The number of carbonyl (C=O) groups excluding carboxylic acids is 2. The monoisotopic (exact) mass is 444 g/mol. The van der Waals surface area contributed by atoms with E-state index in [4.69, 9.17) is 4.74 Å². The number of aliphatic hydroxyl groups is 1. The second-order valence-electron chi connectivity index (χ2n) is 7.21. The molecule has 1 amide bonds. The summed E-state index contributed by atoms with van der Waals surface area (Å²) in [5.74, 6) is -1.88. The van der Waals surface area contributed by atoms with E-state index in [9.17, 15) is 23.1 Å². The Morgan fingerprint density at radius 1 is 1.06 bits per heavy atom. The molecule has 1 fully saturated rings. The van der Waals surface area contributed by atoms with Crippen LogP contribution in [0.1, 0.15) is 17.2 Å². The second kappa shape index (κ2) is 9.01. The van der Waals surface area contributed by atoms with Gasteiger partial charge >= 0.3 is 0 Å². The van der Waals surface area contributed by atoms with Crippen LogP contribution in [0, 0.1) is 0 Å². The molecule has 2 aromatic carbocycles. The number of rotatable bonds is 7. The van der Waals surface area contributed by atoms with E-state index in [2.05, 4.69) is 0 Å². The minimum Gasteiger partial charge on any atom is -0.507 e. The zero-order valence-corrected chi connectivity index (χ0v) is 18.3. The Morgan fingerprint density at radius 3 is 2.23 bits per heavy atom. The molecule has 0 saturated carbocycles. The van der Waals surface area contributed by atoms with E-state index >= 15 is 0 Å². The van der Waals surface area contributed by atoms with Crippen molar-refractivity contribution >= 4 is 27.5 Å². The van der Waals surface area contributed by atoms with Crippen LogP contribution in [0.5, 0.6) is 0 Å². The van der Waals surface area contributed by atoms with Crippen LogP contribution in [0.2, 0.25) is 0 Å². The Balaban J connectivity index is 2.10. The van der Waals surface area contributed by atoms with Gasteiger partial charge in [-0.1, -0.05) is 30.3 Å². The van der Waals surface area contributed by atoms with Crippen molar-refractivity contribution in [2.24, 2.45) is 0 Å². The highest BCUT2D eigenvalue weighted by atomic mass is 32.2. The van der Waals surface area contributed by atoms with E-state index in [1.807, 2.05) is 6.07 Å². The maximum Gasteiger partial charge on any atom is 0.295 e. The molecule has 1 atom stereocenters. The summed E-state index contributed by atoms with van der Waals surface area (Å²) in [5, 5.41) is 11.0.